The van der Waals surface area contributed by atoms with Crippen LogP contribution in [0.25, 0.3) is 0 Å². The summed E-state index contributed by atoms with van der Waals surface area (Å²) >= 11 is 0. The highest BCUT2D eigenvalue weighted by atomic mass is 16.7. The van der Waals surface area contributed by atoms with Gasteiger partial charge in [0.1, 0.15) is 23.2 Å². The summed E-state index contributed by atoms with van der Waals surface area (Å²) in [6.45, 7) is 5.00. The van der Waals surface area contributed by atoms with E-state index in [1.165, 1.54) is 115 Å². The number of aromatic amines is 1. The Kier molecular flexibility index (Phi) is 32.7. The molecule has 14 nitrogen and oxygen atoms in total. The molecule has 0 bridgehead atoms. The van der Waals surface area contributed by atoms with E-state index in [9.17, 15) is 19.2 Å². The minimum Gasteiger partial charge on any atom is -0.497 e. The van der Waals surface area contributed by atoms with Crippen LogP contribution in [-0.4, -0.2) is 74.0 Å². The average Bonchev–Trinajstić information content (AvgIpc) is 3.88. The number of carbonyl (C=O) groups is 2. The molecule has 1 aliphatic heterocycles. The lowest BCUT2D eigenvalue weighted by atomic mass is 9.80. The molecule has 3 aromatic carbocycles. The first-order chi connectivity index (χ1) is 40.2. The molecule has 4 atom stereocenters. The minimum atomic E-state index is -1.36. The Morgan fingerprint density at radius 1 is 0.524 bits per heavy atom. The molecule has 0 spiro atoms. The largest absolute Gasteiger partial charge is 0.497 e. The lowest BCUT2D eigenvalue weighted by molar-refractivity contribution is -0.0966. The third-order valence-electron chi connectivity index (χ3n) is 15.5. The van der Waals surface area contributed by atoms with E-state index < -0.39 is 53.6 Å². The second-order valence-corrected chi connectivity index (χ2v) is 21.9. The van der Waals surface area contributed by atoms with Gasteiger partial charge in [0.05, 0.1) is 20.8 Å². The fraction of sp³-hybridized carbons (Fsp3) is 0.588. The Balaban J connectivity index is 1.27. The van der Waals surface area contributed by atoms with Crippen molar-refractivity contribution in [3.05, 3.63) is 153 Å². The smallest absolute Gasteiger partial charge is 0.407 e. The highest BCUT2D eigenvalue weighted by Gasteiger charge is 2.52. The molecule has 2 heterocycles. The first kappa shape index (κ1) is 66.7. The number of rotatable bonds is 43. The van der Waals surface area contributed by atoms with Crippen molar-refractivity contribution in [3.63, 3.8) is 0 Å². The Morgan fingerprint density at radius 3 is 1.35 bits per heavy atom. The molecule has 0 saturated carbocycles. The lowest BCUT2D eigenvalue weighted by Crippen LogP contribution is -2.46. The number of benzene rings is 3. The maximum Gasteiger partial charge on any atom is 0.407 e. The molecule has 452 valence electrons. The molecule has 1 saturated heterocycles. The monoisotopic (exact) mass is 1130 g/mol. The molecule has 0 aliphatic carbocycles. The van der Waals surface area contributed by atoms with Crippen molar-refractivity contribution in [2.45, 2.75) is 224 Å². The number of ether oxygens (including phenoxy) is 6. The van der Waals surface area contributed by atoms with Crippen LogP contribution in [0.4, 0.5) is 9.59 Å². The highest BCUT2D eigenvalue weighted by molar-refractivity contribution is 5.68. The number of nitrogens with one attached hydrogen (secondary N) is 3. The zero-order valence-electron chi connectivity index (χ0n) is 50.2. The second kappa shape index (κ2) is 40.2. The number of alkyl carbamates (subject to hydrolysis) is 2. The van der Waals surface area contributed by atoms with Crippen LogP contribution < -0.4 is 31.4 Å². The molecule has 2 amide bonds. The molecule has 3 N–H and O–H groups in total. The normalized spacial score (nSPS) is 16.2. The molecule has 0 unspecified atom stereocenters. The van der Waals surface area contributed by atoms with E-state index >= 15 is 0 Å². The third kappa shape index (κ3) is 23.6. The van der Waals surface area contributed by atoms with Crippen molar-refractivity contribution in [1.82, 2.24) is 20.2 Å². The number of aromatic nitrogens is 2. The number of unbranched alkanes of at least 4 members (excludes halogenated alkanes) is 24. The van der Waals surface area contributed by atoms with Gasteiger partial charge in [0.25, 0.3) is 5.56 Å². The van der Waals surface area contributed by atoms with Crippen LogP contribution in [0.2, 0.25) is 0 Å². The number of amides is 2. The van der Waals surface area contributed by atoms with Crippen molar-refractivity contribution in [2.75, 3.05) is 33.9 Å². The summed E-state index contributed by atoms with van der Waals surface area (Å²) in [5, 5.41) is 5.81. The van der Waals surface area contributed by atoms with E-state index in [2.05, 4.69) is 53.8 Å². The summed E-state index contributed by atoms with van der Waals surface area (Å²) in [5.74, 6) is 1.30. The van der Waals surface area contributed by atoms with Gasteiger partial charge in [-0.25, -0.2) is 14.4 Å². The Morgan fingerprint density at radius 2 is 0.927 bits per heavy atom. The van der Waals surface area contributed by atoms with Crippen LogP contribution in [-0.2, 0) is 24.5 Å². The number of carbonyl (C=O) groups excluding carboxylic acids is 2. The van der Waals surface area contributed by atoms with Crippen LogP contribution in [0.15, 0.2) is 125 Å². The molecule has 82 heavy (non-hydrogen) atoms. The van der Waals surface area contributed by atoms with E-state index in [0.717, 1.165) is 98.3 Å². The van der Waals surface area contributed by atoms with Gasteiger partial charge in [-0.15, -0.1) is 0 Å². The van der Waals surface area contributed by atoms with Gasteiger partial charge in [0, 0.05) is 25.4 Å². The zero-order valence-corrected chi connectivity index (χ0v) is 50.2. The van der Waals surface area contributed by atoms with E-state index in [1.807, 2.05) is 78.9 Å². The van der Waals surface area contributed by atoms with Gasteiger partial charge >= 0.3 is 17.9 Å². The Labute approximate surface area is 490 Å². The standard InChI is InChI=1S/C68H100N4O10/c1-5-7-9-11-13-15-17-19-21-23-25-27-29-31-33-38-51-69-66(75)81-62-60(54-79-68(55-40-36-35-37-41-55,56-42-46-58(77-3)47-43-56)57-44-48-59(78-4)49-45-57)80-64(72-53-50-61(73)71-65(72)74)63(62)82-67(76)70-52-39-34-32-30-28-26-24-22-20-18-16-14-12-10-8-6-2/h19-22,35-37,40-50,53,60,62-64H,5-18,23-34,38-39,51-52,54H2,1-4H3,(H,69,75)(H,70,76)(H,71,73,74)/b21-19-,22-20-/t60-,62-,63-,64-/m1/s1. The number of allylic oxidation sites excluding steroid dienone is 4. The van der Waals surface area contributed by atoms with Crippen LogP contribution in [0.1, 0.15) is 217 Å². The molecule has 0 radical (unpaired) electrons. The fourth-order valence-electron chi connectivity index (χ4n) is 10.7. The lowest BCUT2D eigenvalue weighted by Gasteiger charge is -2.37. The second-order valence-electron chi connectivity index (χ2n) is 21.9. The molecular weight excluding hydrogens is 1030 g/mol. The fourth-order valence-corrected chi connectivity index (χ4v) is 10.7. The summed E-state index contributed by atoms with van der Waals surface area (Å²) in [5.41, 5.74) is -0.433. The van der Waals surface area contributed by atoms with Gasteiger partial charge in [-0.1, -0.05) is 208 Å². The summed E-state index contributed by atoms with van der Waals surface area (Å²) in [7, 11) is 3.21. The molecule has 4 aromatic rings. The molecule has 5 rings (SSSR count). The van der Waals surface area contributed by atoms with Crippen molar-refractivity contribution in [2.24, 2.45) is 0 Å². The van der Waals surface area contributed by atoms with E-state index in [-0.39, 0.29) is 6.61 Å². The van der Waals surface area contributed by atoms with Gasteiger partial charge in [0.2, 0.25) is 0 Å². The Hall–Kier alpha value is -6.12. The number of H-pyrrole nitrogens is 1. The predicted octanol–water partition coefficient (Wildman–Crippen LogP) is 15.7. The maximum absolute atomic E-state index is 14.0. The molecular formula is C68H100N4O10. The molecule has 14 heteroatoms. The Bertz CT molecular complexity index is 2460. The van der Waals surface area contributed by atoms with E-state index in [0.29, 0.717) is 24.6 Å². The number of methoxy groups -OCH3 is 2. The summed E-state index contributed by atoms with van der Waals surface area (Å²) in [6.07, 6.45) is 36.8. The molecule has 1 aromatic heterocycles. The first-order valence-electron chi connectivity index (χ1n) is 31.4. The van der Waals surface area contributed by atoms with E-state index in [1.54, 1.807) is 14.2 Å². The quantitative estimate of drug-likeness (QED) is 0.0220. The van der Waals surface area contributed by atoms with Crippen molar-refractivity contribution < 1.29 is 38.0 Å². The van der Waals surface area contributed by atoms with Gasteiger partial charge in [-0.2, -0.15) is 0 Å². The average molecular weight is 1130 g/mol. The predicted molar refractivity (Wildman–Crippen MR) is 329 cm³/mol. The van der Waals surface area contributed by atoms with Gasteiger partial charge < -0.3 is 39.1 Å². The third-order valence-corrected chi connectivity index (χ3v) is 15.5. The van der Waals surface area contributed by atoms with Crippen LogP contribution in [0.5, 0.6) is 11.5 Å². The van der Waals surface area contributed by atoms with Crippen LogP contribution in [0.3, 0.4) is 0 Å². The van der Waals surface area contributed by atoms with Gasteiger partial charge in [-0.05, 0) is 105 Å². The van der Waals surface area contributed by atoms with Gasteiger partial charge in [-0.3, -0.25) is 14.3 Å². The first-order valence-corrected chi connectivity index (χ1v) is 31.4. The zero-order chi connectivity index (χ0) is 58.3. The van der Waals surface area contributed by atoms with Crippen LogP contribution in [0, 0.1) is 0 Å². The van der Waals surface area contributed by atoms with Crippen molar-refractivity contribution in [1.29, 1.82) is 0 Å². The topological polar surface area (TPSA) is 168 Å². The van der Waals surface area contributed by atoms with Crippen LogP contribution >= 0.6 is 0 Å². The number of nitrogens with zero attached hydrogens (tertiary/aromatic N) is 1. The number of hydrogen-bond donors (Lipinski definition) is 3. The SMILES string of the molecule is CCCCCCCC/C=C\CCCCCCCCNC(=O)O[C@@H]1[C@H](OC(=O)NCCCCCCCC/C=C\CCCCCCCC)[C@@H](COC(c2ccccc2)(c2ccc(OC)cc2)c2ccc(OC)cc2)O[C@H]1n1ccc(=O)[nH]c1=O. The summed E-state index contributed by atoms with van der Waals surface area (Å²) in [4.78, 5) is 56.2. The summed E-state index contributed by atoms with van der Waals surface area (Å²) in [6, 6.07) is 26.1. The van der Waals surface area contributed by atoms with Crippen molar-refractivity contribution in [3.8, 4) is 11.5 Å². The van der Waals surface area contributed by atoms with E-state index in [4.69, 9.17) is 28.4 Å². The van der Waals surface area contributed by atoms with Crippen molar-refractivity contribution >= 4 is 12.2 Å². The number of hydrogen-bond acceptors (Lipinski definition) is 10. The highest BCUT2D eigenvalue weighted by Crippen LogP contribution is 2.43. The maximum atomic E-state index is 14.0. The molecule has 1 aliphatic rings. The summed E-state index contributed by atoms with van der Waals surface area (Å²) < 4.78 is 38.7. The van der Waals surface area contributed by atoms with Gasteiger partial charge in [0.15, 0.2) is 18.4 Å². The minimum absolute atomic E-state index is 0.231. The molecule has 1 fully saturated rings.